The second-order valence-corrected chi connectivity index (χ2v) is 7.80. The van der Waals surface area contributed by atoms with Gasteiger partial charge < -0.3 is 9.84 Å². The molecule has 0 atom stereocenters. The normalized spacial score (nSPS) is 14.0. The predicted octanol–water partition coefficient (Wildman–Crippen LogP) is 5.44. The van der Waals surface area contributed by atoms with Crippen LogP contribution < -0.4 is 0 Å². The molecular formula is C27H31ClO3. The molecule has 164 valence electrons. The van der Waals surface area contributed by atoms with Crippen molar-refractivity contribution in [2.24, 2.45) is 5.41 Å². The molecule has 1 aliphatic heterocycles. The van der Waals surface area contributed by atoms with Crippen molar-refractivity contribution in [3.8, 4) is 0 Å². The lowest BCUT2D eigenvalue weighted by Crippen LogP contribution is -2.31. The van der Waals surface area contributed by atoms with Gasteiger partial charge >= 0.3 is 5.97 Å². The highest BCUT2D eigenvalue weighted by Crippen LogP contribution is 2.37. The number of carbonyl (C=O) groups is 1. The molecule has 0 aromatic heterocycles. The lowest BCUT2D eigenvalue weighted by Gasteiger charge is -2.25. The molecule has 31 heavy (non-hydrogen) atoms. The van der Waals surface area contributed by atoms with Crippen LogP contribution in [0.2, 0.25) is 0 Å². The van der Waals surface area contributed by atoms with Crippen molar-refractivity contribution >= 4 is 18.4 Å². The maximum atomic E-state index is 12.3. The van der Waals surface area contributed by atoms with Crippen LogP contribution >= 0.6 is 12.4 Å². The van der Waals surface area contributed by atoms with E-state index in [4.69, 9.17) is 9.84 Å². The molecule has 1 aliphatic rings. The lowest BCUT2D eigenvalue weighted by molar-refractivity contribution is -0.146. The second kappa shape index (κ2) is 12.9. The van der Waals surface area contributed by atoms with Gasteiger partial charge in [-0.15, -0.1) is 12.4 Å². The number of aryl methyl sites for hydroxylation is 1. The molecule has 0 unspecified atom stereocenters. The maximum Gasteiger partial charge on any atom is 0.312 e. The largest absolute Gasteiger partial charge is 0.465 e. The average Bonchev–Trinajstić information content (AvgIpc) is 3.14. The first-order valence-corrected chi connectivity index (χ1v) is 10.6. The topological polar surface area (TPSA) is 46.5 Å². The summed E-state index contributed by atoms with van der Waals surface area (Å²) in [7, 11) is 0. The summed E-state index contributed by atoms with van der Waals surface area (Å²) in [4.78, 5) is 12.3. The molecule has 0 aliphatic carbocycles. The standard InChI is InChI=1S/C18H18O2.C9H12O.ClH/c19-17-18(11-12-20-17,13-15-7-3-1-4-8-15)14-16-9-5-2-6-10-16;10-8-4-7-9-5-2-1-3-6-9;/h1-10H,11-14H2;1-3,5-6,10H,4,7-8H2;1H. The highest BCUT2D eigenvalue weighted by atomic mass is 35.5. The van der Waals surface area contributed by atoms with Crippen LogP contribution in [0.1, 0.15) is 29.5 Å². The van der Waals surface area contributed by atoms with E-state index in [1.165, 1.54) is 16.7 Å². The van der Waals surface area contributed by atoms with Gasteiger partial charge in [0.05, 0.1) is 12.0 Å². The Morgan fingerprint density at radius 3 is 1.58 bits per heavy atom. The van der Waals surface area contributed by atoms with Crippen LogP contribution in [0.5, 0.6) is 0 Å². The molecule has 4 rings (SSSR count). The van der Waals surface area contributed by atoms with E-state index in [0.29, 0.717) is 6.61 Å². The summed E-state index contributed by atoms with van der Waals surface area (Å²) in [6.45, 7) is 0.827. The van der Waals surface area contributed by atoms with Gasteiger partial charge in [-0.05, 0) is 48.8 Å². The first-order valence-electron chi connectivity index (χ1n) is 10.6. The number of ether oxygens (including phenoxy) is 1. The third-order valence-electron chi connectivity index (χ3n) is 5.48. The van der Waals surface area contributed by atoms with Gasteiger partial charge in [0.25, 0.3) is 0 Å². The molecule has 1 fully saturated rings. The molecule has 0 amide bonds. The Hall–Kier alpha value is -2.62. The number of cyclic esters (lactones) is 1. The Balaban J connectivity index is 0.000000264. The van der Waals surface area contributed by atoms with Crippen molar-refractivity contribution in [3.05, 3.63) is 108 Å². The van der Waals surface area contributed by atoms with Crippen molar-refractivity contribution in [1.29, 1.82) is 0 Å². The number of aliphatic hydroxyl groups is 1. The molecule has 0 spiro atoms. The summed E-state index contributed by atoms with van der Waals surface area (Å²) in [6, 6.07) is 30.6. The first-order chi connectivity index (χ1) is 14.7. The highest BCUT2D eigenvalue weighted by Gasteiger charge is 2.44. The summed E-state index contributed by atoms with van der Waals surface area (Å²) in [6.07, 6.45) is 4.15. The molecular weight excluding hydrogens is 408 g/mol. The zero-order chi connectivity index (χ0) is 21.1. The minimum Gasteiger partial charge on any atom is -0.465 e. The fourth-order valence-corrected chi connectivity index (χ4v) is 3.88. The number of rotatable bonds is 7. The van der Waals surface area contributed by atoms with Crippen LogP contribution in [0, 0.1) is 5.41 Å². The summed E-state index contributed by atoms with van der Waals surface area (Å²) in [5.74, 6) is -0.0507. The van der Waals surface area contributed by atoms with Gasteiger partial charge in [0.1, 0.15) is 0 Å². The van der Waals surface area contributed by atoms with Crippen molar-refractivity contribution in [1.82, 2.24) is 0 Å². The molecule has 0 saturated carbocycles. The van der Waals surface area contributed by atoms with E-state index < -0.39 is 5.41 Å². The molecule has 3 nitrogen and oxygen atoms in total. The number of benzene rings is 3. The van der Waals surface area contributed by atoms with E-state index in [9.17, 15) is 4.79 Å². The molecule has 1 saturated heterocycles. The molecule has 1 heterocycles. The fourth-order valence-electron chi connectivity index (χ4n) is 3.88. The molecule has 4 heteroatoms. The highest BCUT2D eigenvalue weighted by molar-refractivity contribution is 5.85. The van der Waals surface area contributed by atoms with E-state index in [2.05, 4.69) is 36.4 Å². The van der Waals surface area contributed by atoms with Gasteiger partial charge in [-0.1, -0.05) is 91.0 Å². The number of esters is 1. The van der Waals surface area contributed by atoms with Gasteiger partial charge in [0.2, 0.25) is 0 Å². The first kappa shape index (κ1) is 24.6. The van der Waals surface area contributed by atoms with Crippen LogP contribution in [0.25, 0.3) is 0 Å². The van der Waals surface area contributed by atoms with Crippen LogP contribution in [0.3, 0.4) is 0 Å². The Morgan fingerprint density at radius 1 is 0.742 bits per heavy atom. The fraction of sp³-hybridized carbons (Fsp3) is 0.296. The van der Waals surface area contributed by atoms with Gasteiger partial charge in [-0.3, -0.25) is 4.79 Å². The quantitative estimate of drug-likeness (QED) is 0.499. The maximum absolute atomic E-state index is 12.3. The van der Waals surface area contributed by atoms with Gasteiger partial charge in [0, 0.05) is 6.61 Å². The molecule has 3 aromatic rings. The van der Waals surface area contributed by atoms with Gasteiger partial charge in [-0.2, -0.15) is 0 Å². The second-order valence-electron chi connectivity index (χ2n) is 7.80. The van der Waals surface area contributed by atoms with E-state index in [1.807, 2.05) is 54.6 Å². The lowest BCUT2D eigenvalue weighted by atomic mass is 9.75. The van der Waals surface area contributed by atoms with E-state index >= 15 is 0 Å². The summed E-state index contributed by atoms with van der Waals surface area (Å²) in [5, 5.41) is 8.53. The minimum absolute atomic E-state index is 0. The molecule has 0 radical (unpaired) electrons. The summed E-state index contributed by atoms with van der Waals surface area (Å²) in [5.41, 5.74) is 3.30. The van der Waals surface area contributed by atoms with Crippen LogP contribution in [-0.4, -0.2) is 24.3 Å². The number of aliphatic hydroxyl groups excluding tert-OH is 1. The minimum atomic E-state index is -0.400. The Bertz CT molecular complexity index is 841. The SMILES string of the molecule is Cl.O=C1OCCC1(Cc1ccccc1)Cc1ccccc1.OCCCc1ccccc1. The molecule has 3 aromatic carbocycles. The van der Waals surface area contributed by atoms with Crippen molar-refractivity contribution in [3.63, 3.8) is 0 Å². The zero-order valence-corrected chi connectivity index (χ0v) is 18.6. The average molecular weight is 439 g/mol. The van der Waals surface area contributed by atoms with Crippen LogP contribution in [0.4, 0.5) is 0 Å². The third kappa shape index (κ3) is 7.54. The number of hydrogen-bond acceptors (Lipinski definition) is 3. The monoisotopic (exact) mass is 438 g/mol. The van der Waals surface area contributed by atoms with Crippen molar-refractivity contribution in [2.45, 2.75) is 32.1 Å². The Labute approximate surface area is 191 Å². The van der Waals surface area contributed by atoms with E-state index in [0.717, 1.165) is 32.1 Å². The predicted molar refractivity (Wildman–Crippen MR) is 127 cm³/mol. The molecule has 0 bridgehead atoms. The van der Waals surface area contributed by atoms with E-state index in [-0.39, 0.29) is 25.0 Å². The van der Waals surface area contributed by atoms with Gasteiger partial charge in [-0.25, -0.2) is 0 Å². The Kier molecular flexibility index (Phi) is 10.3. The van der Waals surface area contributed by atoms with Gasteiger partial charge in [0.15, 0.2) is 0 Å². The van der Waals surface area contributed by atoms with E-state index in [1.54, 1.807) is 0 Å². The zero-order valence-electron chi connectivity index (χ0n) is 17.8. The van der Waals surface area contributed by atoms with Crippen molar-refractivity contribution in [2.75, 3.05) is 13.2 Å². The third-order valence-corrected chi connectivity index (χ3v) is 5.48. The smallest absolute Gasteiger partial charge is 0.312 e. The van der Waals surface area contributed by atoms with Crippen molar-refractivity contribution < 1.29 is 14.6 Å². The molecule has 1 N–H and O–H groups in total. The number of hydrogen-bond donors (Lipinski definition) is 1. The van der Waals surface area contributed by atoms with Crippen LogP contribution in [0.15, 0.2) is 91.0 Å². The summed E-state index contributed by atoms with van der Waals surface area (Å²) >= 11 is 0. The summed E-state index contributed by atoms with van der Waals surface area (Å²) < 4.78 is 5.27. The number of carbonyl (C=O) groups excluding carboxylic acids is 1. The Morgan fingerprint density at radius 2 is 1.19 bits per heavy atom. The van der Waals surface area contributed by atoms with Crippen LogP contribution in [-0.2, 0) is 28.8 Å². The number of halogens is 1.